The van der Waals surface area contributed by atoms with Crippen LogP contribution in [0.3, 0.4) is 0 Å². The molecule has 2 fully saturated rings. The van der Waals surface area contributed by atoms with Crippen LogP contribution in [0.15, 0.2) is 22.7 Å². The van der Waals surface area contributed by atoms with Gasteiger partial charge in [0.05, 0.1) is 18.8 Å². The zero-order chi connectivity index (χ0) is 17.0. The minimum atomic E-state index is -0.216. The Hall–Kier alpha value is -1.11. The second kappa shape index (κ2) is 7.85. The molecule has 1 amide bonds. The third kappa shape index (κ3) is 3.92. The molecule has 0 unspecified atom stereocenters. The lowest BCUT2D eigenvalue weighted by atomic mass is 9.79. The average molecular weight is 397 g/mol. The number of rotatable bonds is 4. The highest BCUT2D eigenvalue weighted by atomic mass is 79.9. The van der Waals surface area contributed by atoms with Crippen LogP contribution < -0.4 is 5.32 Å². The first-order chi connectivity index (χ1) is 11.6. The van der Waals surface area contributed by atoms with Gasteiger partial charge in [0, 0.05) is 29.6 Å². The zero-order valence-electron chi connectivity index (χ0n) is 13.9. The Morgan fingerprint density at radius 1 is 1.25 bits per heavy atom. The van der Waals surface area contributed by atoms with E-state index >= 15 is 0 Å². The zero-order valence-corrected chi connectivity index (χ0v) is 15.5. The second-order valence-electron chi connectivity index (χ2n) is 6.73. The van der Waals surface area contributed by atoms with E-state index in [4.69, 9.17) is 4.74 Å². The SMILES string of the molecule is O=C(NCC1(N2CCOCC2)CCCCC1)c1cc(Br)ccc1O. The number of hydrogen-bond acceptors (Lipinski definition) is 4. The van der Waals surface area contributed by atoms with Crippen molar-refractivity contribution in [3.05, 3.63) is 28.2 Å². The molecule has 1 heterocycles. The van der Waals surface area contributed by atoms with Crippen LogP contribution in [0.1, 0.15) is 42.5 Å². The summed E-state index contributed by atoms with van der Waals surface area (Å²) in [7, 11) is 0. The van der Waals surface area contributed by atoms with Gasteiger partial charge >= 0.3 is 0 Å². The van der Waals surface area contributed by atoms with E-state index in [1.165, 1.54) is 25.3 Å². The molecule has 1 aromatic rings. The summed E-state index contributed by atoms with van der Waals surface area (Å²) in [5, 5.41) is 13.0. The fourth-order valence-corrected chi connectivity index (χ4v) is 4.24. The third-order valence-corrected chi connectivity index (χ3v) is 5.74. The van der Waals surface area contributed by atoms with Crippen molar-refractivity contribution in [2.24, 2.45) is 0 Å². The van der Waals surface area contributed by atoms with Gasteiger partial charge in [-0.05, 0) is 31.0 Å². The van der Waals surface area contributed by atoms with E-state index in [2.05, 4.69) is 26.1 Å². The molecule has 24 heavy (non-hydrogen) atoms. The fourth-order valence-electron chi connectivity index (χ4n) is 3.88. The highest BCUT2D eigenvalue weighted by Gasteiger charge is 2.38. The molecule has 0 radical (unpaired) electrons. The quantitative estimate of drug-likeness (QED) is 0.820. The molecule has 2 N–H and O–H groups in total. The first kappa shape index (κ1) is 17.7. The highest BCUT2D eigenvalue weighted by molar-refractivity contribution is 9.10. The molecule has 1 aliphatic carbocycles. The lowest BCUT2D eigenvalue weighted by Gasteiger charge is -2.48. The van der Waals surface area contributed by atoms with Crippen molar-refractivity contribution >= 4 is 21.8 Å². The third-order valence-electron chi connectivity index (χ3n) is 5.25. The van der Waals surface area contributed by atoms with Gasteiger partial charge in [0.25, 0.3) is 5.91 Å². The summed E-state index contributed by atoms with van der Waals surface area (Å²) in [5.74, 6) is -0.202. The van der Waals surface area contributed by atoms with Crippen molar-refractivity contribution in [3.63, 3.8) is 0 Å². The number of ether oxygens (including phenoxy) is 1. The summed E-state index contributed by atoms with van der Waals surface area (Å²) in [4.78, 5) is 15.0. The number of phenolic OH excluding ortho intramolecular Hbond substituents is 1. The Balaban J connectivity index is 1.71. The van der Waals surface area contributed by atoms with Gasteiger partial charge < -0.3 is 15.2 Å². The molecular weight excluding hydrogens is 372 g/mol. The number of morpholine rings is 1. The minimum absolute atomic E-state index is 0.0137. The second-order valence-corrected chi connectivity index (χ2v) is 7.64. The number of carbonyl (C=O) groups is 1. The molecule has 3 rings (SSSR count). The molecule has 1 aromatic carbocycles. The van der Waals surface area contributed by atoms with Crippen LogP contribution in [-0.2, 0) is 4.74 Å². The molecule has 132 valence electrons. The number of halogens is 1. The van der Waals surface area contributed by atoms with E-state index in [9.17, 15) is 9.90 Å². The number of nitrogens with one attached hydrogen (secondary N) is 1. The maximum Gasteiger partial charge on any atom is 0.255 e. The predicted octanol–water partition coefficient (Wildman–Crippen LogP) is 2.92. The van der Waals surface area contributed by atoms with Crippen LogP contribution in [0, 0.1) is 0 Å². The van der Waals surface area contributed by atoms with Crippen molar-refractivity contribution in [2.75, 3.05) is 32.8 Å². The van der Waals surface area contributed by atoms with E-state index in [0.29, 0.717) is 12.1 Å². The largest absolute Gasteiger partial charge is 0.507 e. The lowest BCUT2D eigenvalue weighted by Crippen LogP contribution is -2.59. The molecule has 1 aliphatic heterocycles. The van der Waals surface area contributed by atoms with Gasteiger partial charge in [0.15, 0.2) is 0 Å². The summed E-state index contributed by atoms with van der Waals surface area (Å²) in [5.41, 5.74) is 0.344. The van der Waals surface area contributed by atoms with E-state index in [-0.39, 0.29) is 17.2 Å². The molecule has 5 nitrogen and oxygen atoms in total. The molecule has 1 saturated heterocycles. The summed E-state index contributed by atoms with van der Waals surface area (Å²) in [6.45, 7) is 4.01. The minimum Gasteiger partial charge on any atom is -0.507 e. The van der Waals surface area contributed by atoms with Gasteiger partial charge in [-0.1, -0.05) is 35.2 Å². The van der Waals surface area contributed by atoms with Crippen LogP contribution in [-0.4, -0.2) is 54.3 Å². The van der Waals surface area contributed by atoms with Crippen molar-refractivity contribution in [1.82, 2.24) is 10.2 Å². The summed E-state index contributed by atoms with van der Waals surface area (Å²) >= 11 is 3.35. The number of aromatic hydroxyl groups is 1. The summed E-state index contributed by atoms with van der Waals surface area (Å²) in [6.07, 6.45) is 5.90. The standard InChI is InChI=1S/C18H25BrN2O3/c19-14-4-5-16(22)15(12-14)17(23)20-13-18(6-2-1-3-7-18)21-8-10-24-11-9-21/h4-5,12,22H,1-3,6-11,13H2,(H,20,23). The average Bonchev–Trinajstić information content (AvgIpc) is 2.63. The van der Waals surface area contributed by atoms with Gasteiger partial charge in [-0.25, -0.2) is 0 Å². The predicted molar refractivity (Wildman–Crippen MR) is 96.3 cm³/mol. The first-order valence-electron chi connectivity index (χ1n) is 8.70. The number of benzene rings is 1. The van der Waals surface area contributed by atoms with Gasteiger partial charge in [-0.3, -0.25) is 9.69 Å². The molecule has 1 saturated carbocycles. The van der Waals surface area contributed by atoms with E-state index in [0.717, 1.165) is 43.6 Å². The Morgan fingerprint density at radius 3 is 2.67 bits per heavy atom. The molecule has 0 aromatic heterocycles. The van der Waals surface area contributed by atoms with Gasteiger partial charge in [0.1, 0.15) is 5.75 Å². The van der Waals surface area contributed by atoms with Crippen LogP contribution >= 0.6 is 15.9 Å². The maximum absolute atomic E-state index is 12.6. The first-order valence-corrected chi connectivity index (χ1v) is 9.50. The molecule has 0 spiro atoms. The number of nitrogens with zero attached hydrogens (tertiary/aromatic N) is 1. The number of phenols is 1. The van der Waals surface area contributed by atoms with Gasteiger partial charge in [-0.2, -0.15) is 0 Å². The number of amides is 1. The summed E-state index contributed by atoms with van der Waals surface area (Å²) < 4.78 is 6.28. The van der Waals surface area contributed by atoms with Crippen molar-refractivity contribution in [1.29, 1.82) is 0 Å². The number of hydrogen-bond donors (Lipinski definition) is 2. The Bertz CT molecular complexity index is 582. The van der Waals surface area contributed by atoms with E-state index < -0.39 is 0 Å². The van der Waals surface area contributed by atoms with E-state index in [1.807, 2.05) is 0 Å². The van der Waals surface area contributed by atoms with Crippen molar-refractivity contribution in [3.8, 4) is 5.75 Å². The maximum atomic E-state index is 12.6. The molecular formula is C18H25BrN2O3. The topological polar surface area (TPSA) is 61.8 Å². The van der Waals surface area contributed by atoms with E-state index in [1.54, 1.807) is 12.1 Å². The van der Waals surface area contributed by atoms with Crippen molar-refractivity contribution < 1.29 is 14.6 Å². The number of carbonyl (C=O) groups excluding carboxylic acids is 1. The van der Waals surface area contributed by atoms with Crippen LogP contribution in [0.25, 0.3) is 0 Å². The summed E-state index contributed by atoms with van der Waals surface area (Å²) in [6, 6.07) is 4.92. The van der Waals surface area contributed by atoms with Crippen molar-refractivity contribution in [2.45, 2.75) is 37.6 Å². The van der Waals surface area contributed by atoms with Gasteiger partial charge in [0.2, 0.25) is 0 Å². The molecule has 6 heteroatoms. The highest BCUT2D eigenvalue weighted by Crippen LogP contribution is 2.34. The molecule has 0 atom stereocenters. The van der Waals surface area contributed by atoms with Crippen LogP contribution in [0.5, 0.6) is 5.75 Å². The van der Waals surface area contributed by atoms with Crippen LogP contribution in [0.4, 0.5) is 0 Å². The van der Waals surface area contributed by atoms with Gasteiger partial charge in [-0.15, -0.1) is 0 Å². The Morgan fingerprint density at radius 2 is 1.96 bits per heavy atom. The smallest absolute Gasteiger partial charge is 0.255 e. The fraction of sp³-hybridized carbons (Fsp3) is 0.611. The monoisotopic (exact) mass is 396 g/mol. The Labute approximate surface area is 151 Å². The molecule has 2 aliphatic rings. The van der Waals surface area contributed by atoms with Crippen LogP contribution in [0.2, 0.25) is 0 Å². The lowest BCUT2D eigenvalue weighted by molar-refractivity contribution is -0.0361. The Kier molecular flexibility index (Phi) is 5.79. The normalized spacial score (nSPS) is 21.4. The molecule has 0 bridgehead atoms.